The van der Waals surface area contributed by atoms with E-state index in [-0.39, 0.29) is 11.5 Å². The van der Waals surface area contributed by atoms with Crippen molar-refractivity contribution in [3.8, 4) is 0 Å². The molecule has 120 valence electrons. The lowest BCUT2D eigenvalue weighted by Crippen LogP contribution is -2.27. The Morgan fingerprint density at radius 2 is 1.96 bits per heavy atom. The van der Waals surface area contributed by atoms with Gasteiger partial charge in [0.05, 0.1) is 16.2 Å². The van der Waals surface area contributed by atoms with Crippen molar-refractivity contribution in [2.45, 2.75) is 6.92 Å². The molecule has 0 aliphatic carbocycles. The summed E-state index contributed by atoms with van der Waals surface area (Å²) in [5.41, 5.74) is 2.38. The summed E-state index contributed by atoms with van der Waals surface area (Å²) in [6.07, 6.45) is 1.58. The van der Waals surface area contributed by atoms with Crippen LogP contribution in [0.4, 0.5) is 5.69 Å². The average molecular weight is 355 g/mol. The maximum Gasteiger partial charge on any atom is 0.336 e. The molecule has 0 unspecified atom stereocenters. The smallest absolute Gasteiger partial charge is 0.336 e. The Balaban J connectivity index is 1.99. The van der Waals surface area contributed by atoms with Crippen molar-refractivity contribution in [2.75, 3.05) is 4.90 Å². The molecule has 2 aromatic carbocycles. The molecule has 1 aliphatic rings. The van der Waals surface area contributed by atoms with Crippen molar-refractivity contribution >= 4 is 51.9 Å². The number of hydrogen-bond acceptors (Lipinski definition) is 4. The molecule has 0 saturated carbocycles. The van der Waals surface area contributed by atoms with Gasteiger partial charge in [-0.1, -0.05) is 54.3 Å². The molecule has 6 heteroatoms. The van der Waals surface area contributed by atoms with Gasteiger partial charge in [0, 0.05) is 0 Å². The van der Waals surface area contributed by atoms with Crippen LogP contribution in [0.5, 0.6) is 0 Å². The van der Waals surface area contributed by atoms with E-state index in [1.54, 1.807) is 24.3 Å². The van der Waals surface area contributed by atoms with Crippen molar-refractivity contribution < 1.29 is 14.7 Å². The molecule has 1 fully saturated rings. The maximum atomic E-state index is 12.7. The quantitative estimate of drug-likeness (QED) is 0.663. The molecule has 1 saturated heterocycles. The highest BCUT2D eigenvalue weighted by atomic mass is 32.2. The summed E-state index contributed by atoms with van der Waals surface area (Å²) < 4.78 is 0.435. The van der Waals surface area contributed by atoms with E-state index in [0.29, 0.717) is 20.5 Å². The van der Waals surface area contributed by atoms with Crippen LogP contribution in [0.3, 0.4) is 0 Å². The van der Waals surface area contributed by atoms with Gasteiger partial charge in [0.2, 0.25) is 0 Å². The number of carboxylic acid groups (broad SMARTS) is 1. The van der Waals surface area contributed by atoms with E-state index in [4.69, 9.17) is 12.2 Å². The second kappa shape index (κ2) is 6.59. The van der Waals surface area contributed by atoms with E-state index in [1.165, 1.54) is 22.7 Å². The highest BCUT2D eigenvalue weighted by molar-refractivity contribution is 8.27. The number of thioether (sulfide) groups is 1. The van der Waals surface area contributed by atoms with Crippen molar-refractivity contribution in [3.63, 3.8) is 0 Å². The number of carbonyl (C=O) groups excluding carboxylic acids is 1. The number of hydrogen-bond donors (Lipinski definition) is 1. The van der Waals surface area contributed by atoms with Gasteiger partial charge >= 0.3 is 5.97 Å². The third-order valence-corrected chi connectivity index (χ3v) is 4.83. The monoisotopic (exact) mass is 355 g/mol. The van der Waals surface area contributed by atoms with Gasteiger partial charge in [-0.05, 0) is 42.3 Å². The van der Waals surface area contributed by atoms with Gasteiger partial charge in [-0.15, -0.1) is 0 Å². The Hall–Kier alpha value is -2.44. The number of benzene rings is 2. The molecule has 0 aromatic heterocycles. The van der Waals surface area contributed by atoms with Crippen LogP contribution in [0, 0.1) is 6.92 Å². The molecule has 24 heavy (non-hydrogen) atoms. The first-order chi connectivity index (χ1) is 11.5. The van der Waals surface area contributed by atoms with E-state index in [2.05, 4.69) is 0 Å². The summed E-state index contributed by atoms with van der Waals surface area (Å²) >= 11 is 6.51. The zero-order valence-electron chi connectivity index (χ0n) is 12.7. The van der Waals surface area contributed by atoms with Gasteiger partial charge in [-0.25, -0.2) is 4.79 Å². The highest BCUT2D eigenvalue weighted by Gasteiger charge is 2.33. The molecule has 3 rings (SSSR count). The number of carboxylic acids is 1. The fraction of sp³-hybridized carbons (Fsp3) is 0.0556. The van der Waals surface area contributed by atoms with Gasteiger partial charge in [-0.3, -0.25) is 9.69 Å². The maximum absolute atomic E-state index is 12.7. The molecule has 0 radical (unpaired) electrons. The third-order valence-electron chi connectivity index (χ3n) is 3.53. The molecule has 1 amide bonds. The number of aromatic carboxylic acids is 1. The molecular weight excluding hydrogens is 342 g/mol. The van der Waals surface area contributed by atoms with Crippen LogP contribution in [-0.4, -0.2) is 21.3 Å². The second-order valence-electron chi connectivity index (χ2n) is 5.25. The van der Waals surface area contributed by atoms with Crippen LogP contribution in [0.15, 0.2) is 53.4 Å². The number of aryl methyl sites for hydroxylation is 1. The van der Waals surface area contributed by atoms with Gasteiger partial charge in [0.15, 0.2) is 4.32 Å². The Kier molecular flexibility index (Phi) is 4.51. The molecule has 1 heterocycles. The van der Waals surface area contributed by atoms with E-state index in [9.17, 15) is 14.7 Å². The van der Waals surface area contributed by atoms with E-state index in [0.717, 1.165) is 5.56 Å². The number of thiocarbonyl (C=S) groups is 1. The fourth-order valence-electron chi connectivity index (χ4n) is 2.42. The number of nitrogens with zero attached hydrogens (tertiary/aromatic N) is 1. The molecule has 4 nitrogen and oxygen atoms in total. The average Bonchev–Trinajstić information content (AvgIpc) is 2.81. The lowest BCUT2D eigenvalue weighted by Gasteiger charge is -2.14. The standard InChI is InChI=1S/C18H13NO3S2/c1-11-5-4-7-13(9-11)19-16(20)15(24-18(19)23)10-12-6-2-3-8-14(12)17(21)22/h2-10H,1H3,(H,21,22)/b15-10-. The van der Waals surface area contributed by atoms with Crippen LogP contribution in [-0.2, 0) is 4.79 Å². The normalized spacial score (nSPS) is 16.0. The van der Waals surface area contributed by atoms with Crippen LogP contribution in [0.1, 0.15) is 21.5 Å². The number of anilines is 1. The lowest BCUT2D eigenvalue weighted by molar-refractivity contribution is -0.113. The van der Waals surface area contributed by atoms with Gasteiger partial charge < -0.3 is 5.11 Å². The first-order valence-electron chi connectivity index (χ1n) is 7.14. The fourth-order valence-corrected chi connectivity index (χ4v) is 3.71. The van der Waals surface area contributed by atoms with Crippen molar-refractivity contribution in [1.82, 2.24) is 0 Å². The first-order valence-corrected chi connectivity index (χ1v) is 8.37. The predicted octanol–water partition coefficient (Wildman–Crippen LogP) is 4.10. The minimum absolute atomic E-state index is 0.151. The number of amides is 1. The summed E-state index contributed by atoms with van der Waals surface area (Å²) in [6, 6.07) is 14.1. The highest BCUT2D eigenvalue weighted by Crippen LogP contribution is 2.36. The molecule has 2 aromatic rings. The lowest BCUT2D eigenvalue weighted by atomic mass is 10.1. The molecule has 0 bridgehead atoms. The van der Waals surface area contributed by atoms with Crippen molar-refractivity contribution in [3.05, 3.63) is 70.1 Å². The van der Waals surface area contributed by atoms with Crippen LogP contribution in [0.2, 0.25) is 0 Å². The molecule has 0 atom stereocenters. The first kappa shape index (κ1) is 16.4. The summed E-state index contributed by atoms with van der Waals surface area (Å²) in [5, 5.41) is 9.26. The number of rotatable bonds is 3. The van der Waals surface area contributed by atoms with Crippen molar-refractivity contribution in [1.29, 1.82) is 0 Å². The molecular formula is C18H13NO3S2. The Morgan fingerprint density at radius 3 is 2.67 bits per heavy atom. The van der Waals surface area contributed by atoms with Crippen LogP contribution < -0.4 is 4.90 Å². The van der Waals surface area contributed by atoms with E-state index >= 15 is 0 Å². The largest absolute Gasteiger partial charge is 0.478 e. The molecule has 0 spiro atoms. The summed E-state index contributed by atoms with van der Waals surface area (Å²) in [7, 11) is 0. The minimum atomic E-state index is -1.03. The Bertz CT molecular complexity index is 889. The summed E-state index contributed by atoms with van der Waals surface area (Å²) in [6.45, 7) is 1.94. The van der Waals surface area contributed by atoms with Crippen molar-refractivity contribution in [2.24, 2.45) is 0 Å². The van der Waals surface area contributed by atoms with E-state index in [1.807, 2.05) is 31.2 Å². The van der Waals surface area contributed by atoms with Crippen LogP contribution in [0.25, 0.3) is 6.08 Å². The SMILES string of the molecule is Cc1cccc(N2C(=O)/C(=C/c3ccccc3C(=O)O)SC2=S)c1. The zero-order chi connectivity index (χ0) is 17.3. The second-order valence-corrected chi connectivity index (χ2v) is 6.92. The summed E-state index contributed by atoms with van der Waals surface area (Å²) in [5.74, 6) is -1.27. The Morgan fingerprint density at radius 1 is 1.21 bits per heavy atom. The van der Waals surface area contributed by atoms with Crippen LogP contribution >= 0.6 is 24.0 Å². The minimum Gasteiger partial charge on any atom is -0.478 e. The topological polar surface area (TPSA) is 57.6 Å². The predicted molar refractivity (Wildman–Crippen MR) is 100 cm³/mol. The molecule has 1 aliphatic heterocycles. The van der Waals surface area contributed by atoms with Gasteiger partial charge in [0.25, 0.3) is 5.91 Å². The molecule has 1 N–H and O–H groups in total. The summed E-state index contributed by atoms with van der Waals surface area (Å²) in [4.78, 5) is 25.9. The van der Waals surface area contributed by atoms with Gasteiger partial charge in [0.1, 0.15) is 0 Å². The van der Waals surface area contributed by atoms with E-state index < -0.39 is 5.97 Å². The number of carbonyl (C=O) groups is 2. The third kappa shape index (κ3) is 3.11. The van der Waals surface area contributed by atoms with Gasteiger partial charge in [-0.2, -0.15) is 0 Å². The Labute approximate surface area is 148 Å². The zero-order valence-corrected chi connectivity index (χ0v) is 14.4.